The minimum atomic E-state index is -1.21. The van der Waals surface area contributed by atoms with Gasteiger partial charge < -0.3 is 29.7 Å². The van der Waals surface area contributed by atoms with E-state index in [2.05, 4.69) is 20.6 Å². The fraction of sp³-hybridized carbons (Fsp3) is 0.643. The number of halogens is 2. The van der Waals surface area contributed by atoms with Gasteiger partial charge in [0.15, 0.2) is 0 Å². The third kappa shape index (κ3) is 7.83. The Morgan fingerprint density at radius 2 is 1.93 bits per heavy atom. The van der Waals surface area contributed by atoms with Crippen LogP contribution in [0.3, 0.4) is 0 Å². The van der Waals surface area contributed by atoms with E-state index < -0.39 is 53.2 Å². The molecule has 42 heavy (non-hydrogen) atoms. The van der Waals surface area contributed by atoms with Crippen molar-refractivity contribution in [3.8, 4) is 5.88 Å². The van der Waals surface area contributed by atoms with Gasteiger partial charge in [0.1, 0.15) is 34.5 Å². The lowest BCUT2D eigenvalue weighted by Gasteiger charge is -2.30. The standard InChI is InChI=1S/C28H37Cl2N5O7/c1-27(2,3)42-26(39)31-18-11-9-7-5-6-8-10-16-14-28(16,24(38)40-4)34-22(36)19-12-17(15-35(19)23(18)37)41-21-13-20(29)32-25(30)33-21/h8,10,13,16-19H,5-7,9,11-12,14-15H2,1-4H3,(H,31,39)(H,34,36)/t16-,17-,18+,19+,28-/m1/s1. The van der Waals surface area contributed by atoms with Crippen LogP contribution in [-0.4, -0.2) is 81.7 Å². The quantitative estimate of drug-likeness (QED) is 0.221. The van der Waals surface area contributed by atoms with Crippen LogP contribution >= 0.6 is 23.2 Å². The Hall–Kier alpha value is -3.12. The Morgan fingerprint density at radius 1 is 1.17 bits per heavy atom. The zero-order valence-corrected chi connectivity index (χ0v) is 25.7. The van der Waals surface area contributed by atoms with Crippen LogP contribution in [0.5, 0.6) is 5.88 Å². The van der Waals surface area contributed by atoms with Gasteiger partial charge in [0, 0.05) is 18.4 Å². The highest BCUT2D eigenvalue weighted by Crippen LogP contribution is 2.46. The van der Waals surface area contributed by atoms with E-state index in [9.17, 15) is 19.2 Å². The summed E-state index contributed by atoms with van der Waals surface area (Å²) in [5, 5.41) is 5.54. The van der Waals surface area contributed by atoms with E-state index >= 15 is 0 Å². The molecule has 12 nitrogen and oxygen atoms in total. The average Bonchev–Trinajstić information content (AvgIpc) is 3.41. The predicted octanol–water partition coefficient (Wildman–Crippen LogP) is 3.59. The minimum Gasteiger partial charge on any atom is -0.472 e. The molecule has 5 atom stereocenters. The van der Waals surface area contributed by atoms with Gasteiger partial charge in [-0.15, -0.1) is 0 Å². The normalized spacial score (nSPS) is 28.4. The largest absolute Gasteiger partial charge is 0.472 e. The molecule has 4 rings (SSSR count). The molecule has 1 aliphatic carbocycles. The molecule has 1 aromatic heterocycles. The maximum Gasteiger partial charge on any atom is 0.408 e. The third-order valence-electron chi connectivity index (χ3n) is 7.41. The van der Waals surface area contributed by atoms with E-state index in [0.29, 0.717) is 19.3 Å². The number of esters is 1. The molecule has 0 radical (unpaired) electrons. The number of aromatic nitrogens is 2. The van der Waals surface area contributed by atoms with Crippen LogP contribution in [0.1, 0.15) is 65.7 Å². The Kier molecular flexibility index (Phi) is 9.87. The smallest absolute Gasteiger partial charge is 0.408 e. The van der Waals surface area contributed by atoms with E-state index in [1.54, 1.807) is 20.8 Å². The van der Waals surface area contributed by atoms with Crippen LogP contribution in [0, 0.1) is 5.92 Å². The first kappa shape index (κ1) is 31.8. The highest BCUT2D eigenvalue weighted by molar-refractivity contribution is 6.31. The van der Waals surface area contributed by atoms with Crippen LogP contribution in [0.15, 0.2) is 18.2 Å². The molecule has 1 aromatic rings. The van der Waals surface area contributed by atoms with Crippen LogP contribution in [0.4, 0.5) is 4.79 Å². The van der Waals surface area contributed by atoms with Gasteiger partial charge in [0.2, 0.25) is 23.0 Å². The van der Waals surface area contributed by atoms with Crippen molar-refractivity contribution >= 4 is 47.1 Å². The molecule has 2 aliphatic heterocycles. The topological polar surface area (TPSA) is 149 Å². The number of alkyl carbamates (subject to hydrolysis) is 1. The molecule has 3 amide bonds. The number of ether oxygens (including phenoxy) is 3. The molecule has 0 spiro atoms. The monoisotopic (exact) mass is 625 g/mol. The van der Waals surface area contributed by atoms with E-state index in [1.165, 1.54) is 18.1 Å². The Morgan fingerprint density at radius 3 is 2.62 bits per heavy atom. The molecule has 3 aliphatic rings. The van der Waals surface area contributed by atoms with Crippen LogP contribution in [0.2, 0.25) is 10.4 Å². The summed E-state index contributed by atoms with van der Waals surface area (Å²) >= 11 is 11.9. The van der Waals surface area contributed by atoms with Crippen molar-refractivity contribution in [3.63, 3.8) is 0 Å². The maximum absolute atomic E-state index is 14.0. The van der Waals surface area contributed by atoms with Gasteiger partial charge in [-0.3, -0.25) is 9.59 Å². The molecule has 0 bridgehead atoms. The fourth-order valence-electron chi connectivity index (χ4n) is 5.37. The first-order chi connectivity index (χ1) is 19.8. The summed E-state index contributed by atoms with van der Waals surface area (Å²) in [6.07, 6.45) is 6.51. The lowest BCUT2D eigenvalue weighted by molar-refractivity contribution is -0.148. The average molecular weight is 627 g/mol. The van der Waals surface area contributed by atoms with Gasteiger partial charge in [-0.2, -0.15) is 4.98 Å². The minimum absolute atomic E-state index is 0.0111. The highest BCUT2D eigenvalue weighted by Gasteiger charge is 2.62. The second kappa shape index (κ2) is 13.0. The van der Waals surface area contributed by atoms with Crippen molar-refractivity contribution in [2.75, 3.05) is 13.7 Å². The number of nitrogens with zero attached hydrogens (tertiary/aromatic N) is 3. The highest BCUT2D eigenvalue weighted by atomic mass is 35.5. The predicted molar refractivity (Wildman–Crippen MR) is 153 cm³/mol. The number of rotatable bonds is 4. The summed E-state index contributed by atoms with van der Waals surface area (Å²) in [4.78, 5) is 62.6. The maximum atomic E-state index is 14.0. The van der Waals surface area contributed by atoms with E-state index in [1.807, 2.05) is 12.2 Å². The molecule has 0 unspecified atom stereocenters. The number of carbonyl (C=O) groups is 4. The summed E-state index contributed by atoms with van der Waals surface area (Å²) in [7, 11) is 1.28. The van der Waals surface area contributed by atoms with Gasteiger partial charge in [-0.25, -0.2) is 14.6 Å². The molecule has 1 saturated heterocycles. The van der Waals surface area contributed by atoms with Crippen LogP contribution < -0.4 is 15.4 Å². The van der Waals surface area contributed by atoms with Gasteiger partial charge in [0.25, 0.3) is 0 Å². The zero-order valence-electron chi connectivity index (χ0n) is 24.2. The van der Waals surface area contributed by atoms with Crippen molar-refractivity contribution in [2.24, 2.45) is 5.92 Å². The molecular weight excluding hydrogens is 589 g/mol. The van der Waals surface area contributed by atoms with Crippen molar-refractivity contribution in [2.45, 2.75) is 95.0 Å². The number of methoxy groups -OCH3 is 1. The molecule has 2 N–H and O–H groups in total. The Bertz CT molecular complexity index is 1220. The molecule has 230 valence electrons. The lowest BCUT2D eigenvalue weighted by Crippen LogP contribution is -2.56. The molecule has 0 aromatic carbocycles. The van der Waals surface area contributed by atoms with Gasteiger partial charge in [-0.05, 0) is 58.1 Å². The second-order valence-electron chi connectivity index (χ2n) is 11.8. The Labute approximate surface area is 254 Å². The number of nitrogens with one attached hydrogen (secondary N) is 2. The number of carbonyl (C=O) groups excluding carboxylic acids is 4. The van der Waals surface area contributed by atoms with E-state index in [0.717, 1.165) is 19.3 Å². The second-order valence-corrected chi connectivity index (χ2v) is 12.5. The number of hydrogen-bond acceptors (Lipinski definition) is 9. The molecule has 2 fully saturated rings. The van der Waals surface area contributed by atoms with Gasteiger partial charge in [-0.1, -0.05) is 36.6 Å². The van der Waals surface area contributed by atoms with Gasteiger partial charge in [0.05, 0.1) is 13.7 Å². The molecule has 1 saturated carbocycles. The summed E-state index contributed by atoms with van der Waals surface area (Å²) in [5.74, 6) is -1.67. The van der Waals surface area contributed by atoms with E-state index in [4.69, 9.17) is 37.4 Å². The van der Waals surface area contributed by atoms with Crippen molar-refractivity contribution in [1.29, 1.82) is 0 Å². The van der Waals surface area contributed by atoms with Crippen molar-refractivity contribution < 1.29 is 33.4 Å². The summed E-state index contributed by atoms with van der Waals surface area (Å²) in [6, 6.07) is -0.568. The number of fused-ring (bicyclic) bond motifs is 2. The molecule has 3 heterocycles. The lowest BCUT2D eigenvalue weighted by atomic mass is 10.0. The summed E-state index contributed by atoms with van der Waals surface area (Å²) < 4.78 is 16.4. The molecule has 14 heteroatoms. The number of amides is 3. The summed E-state index contributed by atoms with van der Waals surface area (Å²) in [5.41, 5.74) is -1.98. The van der Waals surface area contributed by atoms with E-state index in [-0.39, 0.29) is 35.2 Å². The SMILES string of the molecule is COC(=O)[C@@]12C[C@H]1C=CCCCCC[C@H](NC(=O)OC(C)(C)C)C(=O)N1C[C@H](Oc3cc(Cl)nc(Cl)n3)C[C@H]1C(=O)N2. The van der Waals surface area contributed by atoms with Crippen molar-refractivity contribution in [3.05, 3.63) is 28.7 Å². The molecular formula is C28H37Cl2N5O7. The number of allylic oxidation sites excluding steroid dienone is 1. The fourth-order valence-corrected chi connectivity index (χ4v) is 5.76. The van der Waals surface area contributed by atoms with Gasteiger partial charge >= 0.3 is 12.1 Å². The third-order valence-corrected chi connectivity index (χ3v) is 7.77. The van der Waals surface area contributed by atoms with Crippen LogP contribution in [-0.2, 0) is 23.9 Å². The first-order valence-corrected chi connectivity index (χ1v) is 14.8. The first-order valence-electron chi connectivity index (χ1n) is 14.0. The van der Waals surface area contributed by atoms with Crippen molar-refractivity contribution in [1.82, 2.24) is 25.5 Å². The zero-order chi connectivity index (χ0) is 30.7. The number of hydrogen-bond donors (Lipinski definition) is 2. The Balaban J connectivity index is 1.63. The summed E-state index contributed by atoms with van der Waals surface area (Å²) in [6.45, 7) is 5.20. The van der Waals surface area contributed by atoms with Crippen LogP contribution in [0.25, 0.3) is 0 Å².